The largest absolute Gasteiger partial charge is 0.459 e. The third-order valence-electron chi connectivity index (χ3n) is 7.02. The van der Waals surface area contributed by atoms with Crippen LogP contribution in [0.1, 0.15) is 42.5 Å². The average molecular weight is 562 g/mol. The third kappa shape index (κ3) is 6.33. The Morgan fingerprint density at radius 2 is 1.36 bits per heavy atom. The van der Waals surface area contributed by atoms with E-state index in [0.29, 0.717) is 24.7 Å². The van der Waals surface area contributed by atoms with Crippen LogP contribution in [0.3, 0.4) is 0 Å². The molecule has 1 heterocycles. The lowest BCUT2D eigenvalue weighted by Gasteiger charge is -2.41. The summed E-state index contributed by atoms with van der Waals surface area (Å²) in [6, 6.07) is 38.7. The van der Waals surface area contributed by atoms with Crippen molar-refractivity contribution in [1.82, 2.24) is 5.06 Å². The Hall–Kier alpha value is -4.59. The van der Waals surface area contributed by atoms with Gasteiger partial charge >= 0.3 is 5.97 Å². The fraction of sp³-hybridized carbons (Fsp3) is 0.229. The Bertz CT molecular complexity index is 1450. The number of esters is 1. The van der Waals surface area contributed by atoms with Gasteiger partial charge < -0.3 is 9.47 Å². The van der Waals surface area contributed by atoms with Crippen molar-refractivity contribution >= 4 is 17.6 Å². The standard InChI is InChI=1S/C35H35N3O4/c1-3-31-36-26-38(33(37-31)28-19-11-6-12-20-28)42-32(34(39)40-25-27-17-9-5-10-18-27)35(41-4-2,29-21-13-7-14-22-29)30-23-15-8-16-24-30/h5-24,32H,3-4,25-26H2,1-2H3. The minimum Gasteiger partial charge on any atom is -0.459 e. The summed E-state index contributed by atoms with van der Waals surface area (Å²) in [4.78, 5) is 30.4. The van der Waals surface area contributed by atoms with Gasteiger partial charge in [0.1, 0.15) is 19.1 Å². The first-order valence-corrected chi connectivity index (χ1v) is 14.2. The number of benzene rings is 4. The van der Waals surface area contributed by atoms with E-state index in [4.69, 9.17) is 19.3 Å². The second-order valence-electron chi connectivity index (χ2n) is 9.73. The molecular weight excluding hydrogens is 526 g/mol. The van der Waals surface area contributed by atoms with Crippen molar-refractivity contribution in [2.75, 3.05) is 13.3 Å². The van der Waals surface area contributed by atoms with Crippen LogP contribution in [0.4, 0.5) is 0 Å². The van der Waals surface area contributed by atoms with E-state index in [0.717, 1.165) is 22.3 Å². The van der Waals surface area contributed by atoms with Crippen molar-refractivity contribution in [2.45, 2.75) is 38.6 Å². The van der Waals surface area contributed by atoms with Gasteiger partial charge in [-0.05, 0) is 23.6 Å². The molecule has 1 aliphatic rings. The summed E-state index contributed by atoms with van der Waals surface area (Å²) in [5.74, 6) is 0.701. The summed E-state index contributed by atoms with van der Waals surface area (Å²) in [5, 5.41) is 1.57. The van der Waals surface area contributed by atoms with E-state index in [1.54, 1.807) is 5.06 Å². The molecule has 42 heavy (non-hydrogen) atoms. The second-order valence-corrected chi connectivity index (χ2v) is 9.73. The molecule has 5 rings (SSSR count). The van der Waals surface area contributed by atoms with Crippen LogP contribution in [0.15, 0.2) is 131 Å². The zero-order chi connectivity index (χ0) is 29.2. The lowest BCUT2D eigenvalue weighted by atomic mass is 9.81. The van der Waals surface area contributed by atoms with Crippen LogP contribution in [-0.2, 0) is 31.3 Å². The van der Waals surface area contributed by atoms with Crippen molar-refractivity contribution in [3.63, 3.8) is 0 Å². The maximum absolute atomic E-state index is 14.3. The van der Waals surface area contributed by atoms with Gasteiger partial charge in [-0.2, -0.15) is 0 Å². The van der Waals surface area contributed by atoms with Gasteiger partial charge in [0.25, 0.3) is 0 Å². The molecule has 1 atom stereocenters. The van der Waals surface area contributed by atoms with E-state index in [1.807, 2.05) is 135 Å². The molecule has 0 aromatic heterocycles. The van der Waals surface area contributed by atoms with Crippen LogP contribution in [0.2, 0.25) is 0 Å². The van der Waals surface area contributed by atoms with E-state index in [1.165, 1.54) is 0 Å². The fourth-order valence-electron chi connectivity index (χ4n) is 5.02. The lowest BCUT2D eigenvalue weighted by molar-refractivity contribution is -0.230. The zero-order valence-electron chi connectivity index (χ0n) is 23.9. The normalized spacial score (nSPS) is 14.1. The Labute approximate surface area is 247 Å². The number of rotatable bonds is 12. The average Bonchev–Trinajstić information content (AvgIpc) is 3.07. The molecule has 0 amide bonds. The Balaban J connectivity index is 1.63. The molecule has 1 aliphatic heterocycles. The van der Waals surface area contributed by atoms with Crippen LogP contribution in [0.5, 0.6) is 0 Å². The quantitative estimate of drug-likeness (QED) is 0.184. The van der Waals surface area contributed by atoms with Crippen molar-refractivity contribution in [2.24, 2.45) is 9.98 Å². The Morgan fingerprint density at radius 3 is 1.90 bits per heavy atom. The number of carbonyl (C=O) groups is 1. The molecular formula is C35H35N3O4. The minimum atomic E-state index is -1.35. The molecule has 7 nitrogen and oxygen atoms in total. The van der Waals surface area contributed by atoms with E-state index in [9.17, 15) is 4.79 Å². The molecule has 4 aromatic carbocycles. The summed E-state index contributed by atoms with van der Waals surface area (Å²) < 4.78 is 12.6. The highest BCUT2D eigenvalue weighted by atomic mass is 16.7. The zero-order valence-corrected chi connectivity index (χ0v) is 23.9. The minimum absolute atomic E-state index is 0.0864. The SMILES string of the molecule is CCOC(c1ccccc1)(c1ccccc1)C(ON1CN=C(CC)N=C1c1ccccc1)C(=O)OCc1ccccc1. The number of carbonyl (C=O) groups excluding carboxylic acids is 1. The first-order valence-electron chi connectivity index (χ1n) is 14.2. The van der Waals surface area contributed by atoms with Gasteiger partial charge in [0.15, 0.2) is 11.4 Å². The maximum Gasteiger partial charge on any atom is 0.342 e. The molecule has 0 saturated carbocycles. The van der Waals surface area contributed by atoms with E-state index >= 15 is 0 Å². The number of amidine groups is 2. The Morgan fingerprint density at radius 1 is 0.810 bits per heavy atom. The molecule has 0 radical (unpaired) electrons. The highest BCUT2D eigenvalue weighted by molar-refractivity contribution is 6.07. The van der Waals surface area contributed by atoms with Crippen LogP contribution in [-0.4, -0.2) is 42.1 Å². The number of aliphatic imine (C=N–C) groups is 2. The molecule has 0 saturated heterocycles. The summed E-state index contributed by atoms with van der Waals surface area (Å²) in [7, 11) is 0. The first-order chi connectivity index (χ1) is 20.7. The molecule has 0 bridgehead atoms. The maximum atomic E-state index is 14.3. The van der Waals surface area contributed by atoms with Crippen LogP contribution < -0.4 is 0 Å². The number of hydroxylamine groups is 2. The lowest BCUT2D eigenvalue weighted by Crippen LogP contribution is -2.54. The van der Waals surface area contributed by atoms with Crippen LogP contribution >= 0.6 is 0 Å². The predicted molar refractivity (Wildman–Crippen MR) is 164 cm³/mol. The van der Waals surface area contributed by atoms with Gasteiger partial charge in [0.05, 0.1) is 0 Å². The van der Waals surface area contributed by atoms with Gasteiger partial charge in [-0.1, -0.05) is 128 Å². The van der Waals surface area contributed by atoms with Crippen LogP contribution in [0.25, 0.3) is 0 Å². The summed E-state index contributed by atoms with van der Waals surface area (Å²) in [6.07, 6.45) is -0.581. The molecule has 7 heteroatoms. The topological polar surface area (TPSA) is 72.7 Å². The van der Waals surface area contributed by atoms with E-state index in [-0.39, 0.29) is 13.3 Å². The number of hydrogen-bond acceptors (Lipinski definition) is 7. The number of ether oxygens (including phenoxy) is 2. The highest BCUT2D eigenvalue weighted by Gasteiger charge is 2.51. The van der Waals surface area contributed by atoms with Crippen molar-refractivity contribution in [3.8, 4) is 0 Å². The first kappa shape index (κ1) is 28.9. The Kier molecular flexibility index (Phi) is 9.54. The van der Waals surface area contributed by atoms with Crippen LogP contribution in [0, 0.1) is 0 Å². The van der Waals surface area contributed by atoms with Gasteiger partial charge in [-0.25, -0.2) is 19.8 Å². The van der Waals surface area contributed by atoms with Crippen molar-refractivity contribution in [1.29, 1.82) is 0 Å². The van der Waals surface area contributed by atoms with E-state index < -0.39 is 17.7 Å². The highest BCUT2D eigenvalue weighted by Crippen LogP contribution is 2.40. The number of hydrogen-bond donors (Lipinski definition) is 0. The monoisotopic (exact) mass is 561 g/mol. The molecule has 0 aliphatic carbocycles. The molecule has 4 aromatic rings. The predicted octanol–water partition coefficient (Wildman–Crippen LogP) is 6.54. The summed E-state index contributed by atoms with van der Waals surface area (Å²) in [5.41, 5.74) is 1.88. The molecule has 1 unspecified atom stereocenters. The third-order valence-corrected chi connectivity index (χ3v) is 7.02. The van der Waals surface area contributed by atoms with Gasteiger partial charge in [-0.15, -0.1) is 0 Å². The molecule has 0 fully saturated rings. The fourth-order valence-corrected chi connectivity index (χ4v) is 5.02. The van der Waals surface area contributed by atoms with Crippen molar-refractivity contribution in [3.05, 3.63) is 144 Å². The number of nitrogens with zero attached hydrogens (tertiary/aromatic N) is 3. The molecule has 0 N–H and O–H groups in total. The molecule has 214 valence electrons. The second kappa shape index (κ2) is 13.9. The van der Waals surface area contributed by atoms with Gasteiger partial charge in [-0.3, -0.25) is 4.84 Å². The summed E-state index contributed by atoms with van der Waals surface area (Å²) >= 11 is 0. The van der Waals surface area contributed by atoms with Crippen molar-refractivity contribution < 1.29 is 19.1 Å². The molecule has 0 spiro atoms. The van der Waals surface area contributed by atoms with E-state index in [2.05, 4.69) is 4.99 Å². The van der Waals surface area contributed by atoms with Gasteiger partial charge in [0.2, 0.25) is 6.10 Å². The van der Waals surface area contributed by atoms with Gasteiger partial charge in [0, 0.05) is 18.6 Å². The smallest absolute Gasteiger partial charge is 0.342 e. The summed E-state index contributed by atoms with van der Waals surface area (Å²) in [6.45, 7) is 4.47.